The van der Waals surface area contributed by atoms with Gasteiger partial charge in [0.15, 0.2) is 11.9 Å². The number of aliphatic hydroxyl groups is 1. The fourth-order valence-corrected chi connectivity index (χ4v) is 3.24. The highest BCUT2D eigenvalue weighted by Crippen LogP contribution is 2.33. The molecule has 0 aliphatic heterocycles. The summed E-state index contributed by atoms with van der Waals surface area (Å²) < 4.78 is 25.6. The molecule has 1 amide bonds. The number of nitrogens with zero attached hydrogens (tertiary/aromatic N) is 2. The first-order chi connectivity index (χ1) is 15.9. The van der Waals surface area contributed by atoms with Gasteiger partial charge < -0.3 is 19.7 Å². The molecule has 0 radical (unpaired) electrons. The predicted molar refractivity (Wildman–Crippen MR) is 116 cm³/mol. The molecule has 0 saturated heterocycles. The lowest BCUT2D eigenvalue weighted by atomic mass is 10.1. The number of hydrogen-bond acceptors (Lipinski definition) is 7. The van der Waals surface area contributed by atoms with E-state index in [1.165, 1.54) is 12.1 Å². The van der Waals surface area contributed by atoms with E-state index in [4.69, 9.17) is 14.4 Å². The topological polar surface area (TPSA) is 115 Å². The zero-order chi connectivity index (χ0) is 23.5. The highest BCUT2D eigenvalue weighted by molar-refractivity contribution is 5.99. The first kappa shape index (κ1) is 22.6. The Balaban J connectivity index is 1.42. The van der Waals surface area contributed by atoms with Crippen LogP contribution in [-0.2, 0) is 0 Å². The summed E-state index contributed by atoms with van der Waals surface area (Å²) in [6, 6.07) is 10.4. The fraction of sp³-hybridized carbons (Fsp3) is 0.333. The van der Waals surface area contributed by atoms with Crippen molar-refractivity contribution in [3.05, 3.63) is 65.3 Å². The van der Waals surface area contributed by atoms with Crippen LogP contribution in [0.15, 0.2) is 47.0 Å². The smallest absolute Gasteiger partial charge is 0.267 e. The third-order valence-electron chi connectivity index (χ3n) is 5.31. The number of halogens is 1. The van der Waals surface area contributed by atoms with Gasteiger partial charge in [0.05, 0.1) is 12.2 Å². The maximum atomic E-state index is 14.5. The van der Waals surface area contributed by atoms with Gasteiger partial charge in [-0.2, -0.15) is 4.98 Å². The molecule has 172 valence electrons. The van der Waals surface area contributed by atoms with E-state index in [0.717, 1.165) is 18.9 Å². The Bertz CT molecular complexity index is 1160. The summed E-state index contributed by atoms with van der Waals surface area (Å²) in [6.45, 7) is 3.09. The Hall–Kier alpha value is -3.59. The lowest BCUT2D eigenvalue weighted by Gasteiger charge is -2.11. The van der Waals surface area contributed by atoms with E-state index < -0.39 is 23.9 Å². The van der Waals surface area contributed by atoms with Gasteiger partial charge in [0, 0.05) is 23.1 Å². The third-order valence-corrected chi connectivity index (χ3v) is 5.31. The van der Waals surface area contributed by atoms with Crippen LogP contribution < -0.4 is 10.1 Å². The van der Waals surface area contributed by atoms with E-state index >= 15 is 0 Å². The number of carbonyl (C=O) groups is 2. The lowest BCUT2D eigenvalue weighted by molar-refractivity contribution is 0.0917. The Morgan fingerprint density at radius 1 is 1.21 bits per heavy atom. The standard InChI is InChI=1S/C24H24FN3O5/c1-13(12-29)26-23(31)19-10-7-17(11-20(19)25)22-27-24(33-28-22)14(2)32-18-8-5-16(6-9-18)21(30)15-3-4-15/h5-11,13-15,29H,3-4,12H2,1-2H3,(H,26,31)/t13-,14-/m1/s1. The Morgan fingerprint density at radius 2 is 1.94 bits per heavy atom. The van der Waals surface area contributed by atoms with E-state index in [2.05, 4.69) is 15.5 Å². The van der Waals surface area contributed by atoms with Crippen molar-refractivity contribution in [2.45, 2.75) is 38.8 Å². The number of Topliss-reactive ketones (excluding diaryl/α,β-unsaturated/α-hetero) is 1. The quantitative estimate of drug-likeness (QED) is 0.475. The normalized spacial score (nSPS) is 15.0. The number of ketones is 1. The van der Waals surface area contributed by atoms with Crippen molar-refractivity contribution in [1.29, 1.82) is 0 Å². The number of benzene rings is 2. The molecule has 1 heterocycles. The number of hydrogen-bond donors (Lipinski definition) is 2. The van der Waals surface area contributed by atoms with Gasteiger partial charge in [-0.05, 0) is 63.1 Å². The second-order valence-corrected chi connectivity index (χ2v) is 8.13. The summed E-state index contributed by atoms with van der Waals surface area (Å²) in [6.07, 6.45) is 1.33. The first-order valence-corrected chi connectivity index (χ1v) is 10.7. The van der Waals surface area contributed by atoms with Gasteiger partial charge >= 0.3 is 0 Å². The van der Waals surface area contributed by atoms with E-state index in [1.807, 2.05) is 0 Å². The average molecular weight is 453 g/mol. The van der Waals surface area contributed by atoms with Crippen molar-refractivity contribution in [2.75, 3.05) is 6.61 Å². The Kier molecular flexibility index (Phi) is 6.50. The number of amides is 1. The maximum absolute atomic E-state index is 14.5. The van der Waals surface area contributed by atoms with Gasteiger partial charge in [0.25, 0.3) is 11.8 Å². The summed E-state index contributed by atoms with van der Waals surface area (Å²) in [5.74, 6) is -0.150. The largest absolute Gasteiger partial charge is 0.481 e. The van der Waals surface area contributed by atoms with Crippen LogP contribution in [0.3, 0.4) is 0 Å². The molecule has 1 saturated carbocycles. The summed E-state index contributed by atoms with van der Waals surface area (Å²) >= 11 is 0. The van der Waals surface area contributed by atoms with Crippen molar-refractivity contribution in [3.8, 4) is 17.1 Å². The van der Waals surface area contributed by atoms with Crippen LogP contribution in [0, 0.1) is 11.7 Å². The second kappa shape index (κ2) is 9.50. The number of ether oxygens (including phenoxy) is 1. The van der Waals surface area contributed by atoms with Crippen molar-refractivity contribution >= 4 is 11.7 Å². The van der Waals surface area contributed by atoms with Crippen LogP contribution in [0.25, 0.3) is 11.4 Å². The summed E-state index contributed by atoms with van der Waals surface area (Å²) in [4.78, 5) is 28.5. The molecular weight excluding hydrogens is 429 g/mol. The van der Waals surface area contributed by atoms with Crippen LogP contribution in [-0.4, -0.2) is 39.6 Å². The minimum absolute atomic E-state index is 0.150. The SMILES string of the molecule is C[C@H](CO)NC(=O)c1ccc(-c2noc([C@@H](C)Oc3ccc(C(=O)C4CC4)cc3)n2)cc1F. The predicted octanol–water partition coefficient (Wildman–Crippen LogP) is 3.72. The number of nitrogens with one attached hydrogen (secondary N) is 1. The molecule has 0 bridgehead atoms. The van der Waals surface area contributed by atoms with E-state index in [9.17, 15) is 14.0 Å². The molecule has 33 heavy (non-hydrogen) atoms. The highest BCUT2D eigenvalue weighted by Gasteiger charge is 2.30. The monoisotopic (exact) mass is 453 g/mol. The molecule has 2 N–H and O–H groups in total. The molecule has 3 aromatic rings. The van der Waals surface area contributed by atoms with Crippen LogP contribution in [0.1, 0.15) is 59.4 Å². The number of rotatable bonds is 9. The Morgan fingerprint density at radius 3 is 2.58 bits per heavy atom. The van der Waals surface area contributed by atoms with E-state index in [1.54, 1.807) is 38.1 Å². The molecule has 1 aromatic heterocycles. The molecule has 1 aliphatic rings. The molecule has 8 nitrogen and oxygen atoms in total. The maximum Gasteiger partial charge on any atom is 0.267 e. The fourth-order valence-electron chi connectivity index (χ4n) is 3.24. The van der Waals surface area contributed by atoms with Crippen LogP contribution in [0.2, 0.25) is 0 Å². The first-order valence-electron chi connectivity index (χ1n) is 10.7. The Labute approximate surface area is 189 Å². The van der Waals surface area contributed by atoms with Crippen molar-refractivity contribution in [3.63, 3.8) is 0 Å². The van der Waals surface area contributed by atoms with Gasteiger partial charge in [-0.3, -0.25) is 9.59 Å². The molecule has 1 aliphatic carbocycles. The summed E-state index contributed by atoms with van der Waals surface area (Å²) in [5, 5.41) is 15.4. The van der Waals surface area contributed by atoms with E-state index in [0.29, 0.717) is 16.9 Å². The van der Waals surface area contributed by atoms with Crippen LogP contribution >= 0.6 is 0 Å². The molecule has 2 aromatic carbocycles. The highest BCUT2D eigenvalue weighted by atomic mass is 19.1. The molecular formula is C24H24FN3O5. The molecule has 0 unspecified atom stereocenters. The minimum Gasteiger partial charge on any atom is -0.481 e. The zero-order valence-corrected chi connectivity index (χ0v) is 18.2. The van der Waals surface area contributed by atoms with Gasteiger partial charge in [-0.15, -0.1) is 0 Å². The second-order valence-electron chi connectivity index (χ2n) is 8.13. The number of carbonyl (C=O) groups excluding carboxylic acids is 2. The zero-order valence-electron chi connectivity index (χ0n) is 18.2. The number of aliphatic hydroxyl groups excluding tert-OH is 1. The van der Waals surface area contributed by atoms with Crippen molar-refractivity contribution in [2.24, 2.45) is 5.92 Å². The minimum atomic E-state index is -0.744. The molecule has 4 rings (SSSR count). The average Bonchev–Trinajstić information content (AvgIpc) is 3.54. The summed E-state index contributed by atoms with van der Waals surface area (Å²) in [7, 11) is 0. The van der Waals surface area contributed by atoms with Crippen molar-refractivity contribution < 1.29 is 28.3 Å². The van der Waals surface area contributed by atoms with Gasteiger partial charge in [0.1, 0.15) is 11.6 Å². The number of aromatic nitrogens is 2. The molecule has 0 spiro atoms. The third kappa shape index (κ3) is 5.25. The van der Waals surface area contributed by atoms with Crippen LogP contribution in [0.4, 0.5) is 4.39 Å². The van der Waals surface area contributed by atoms with Gasteiger partial charge in [0.2, 0.25) is 5.82 Å². The molecule has 9 heteroatoms. The van der Waals surface area contributed by atoms with Gasteiger partial charge in [-0.25, -0.2) is 4.39 Å². The molecule has 1 fully saturated rings. The van der Waals surface area contributed by atoms with Crippen molar-refractivity contribution in [1.82, 2.24) is 15.5 Å². The lowest BCUT2D eigenvalue weighted by Crippen LogP contribution is -2.35. The summed E-state index contributed by atoms with van der Waals surface area (Å²) in [5.41, 5.74) is 0.857. The van der Waals surface area contributed by atoms with E-state index in [-0.39, 0.29) is 35.6 Å². The van der Waals surface area contributed by atoms with Gasteiger partial charge in [-0.1, -0.05) is 11.2 Å². The van der Waals surface area contributed by atoms with Crippen LogP contribution in [0.5, 0.6) is 5.75 Å². The molecule has 2 atom stereocenters.